The van der Waals surface area contributed by atoms with Crippen LogP contribution in [0.2, 0.25) is 0 Å². The van der Waals surface area contributed by atoms with Crippen LogP contribution in [-0.4, -0.2) is 35.7 Å². The monoisotopic (exact) mass is 402 g/mol. The van der Waals surface area contributed by atoms with Gasteiger partial charge in [0.25, 0.3) is 0 Å². The molecule has 0 aromatic heterocycles. The minimum atomic E-state index is -3.60. The van der Waals surface area contributed by atoms with Crippen LogP contribution >= 0.6 is 28.3 Å². The average Bonchev–Trinajstić information content (AvgIpc) is 2.43. The summed E-state index contributed by atoms with van der Waals surface area (Å²) in [6.07, 6.45) is 1.47. The van der Waals surface area contributed by atoms with Gasteiger partial charge in [-0.05, 0) is 41.4 Å². The molecule has 0 bridgehead atoms. The lowest BCUT2D eigenvalue weighted by Crippen LogP contribution is -2.25. The molecule has 0 aliphatic rings. The zero-order chi connectivity index (χ0) is 15.2. The van der Waals surface area contributed by atoms with Gasteiger partial charge >= 0.3 is 0 Å². The summed E-state index contributed by atoms with van der Waals surface area (Å²) in [5.41, 5.74) is 5.37. The maximum Gasteiger partial charge on any atom is 0.241 e. The van der Waals surface area contributed by atoms with Crippen molar-refractivity contribution in [2.45, 2.75) is 17.7 Å². The van der Waals surface area contributed by atoms with E-state index in [4.69, 9.17) is 15.2 Å². The molecule has 0 saturated heterocycles. The number of halogens is 2. The summed E-state index contributed by atoms with van der Waals surface area (Å²) in [4.78, 5) is 0.114. The third-order valence-electron chi connectivity index (χ3n) is 2.65. The van der Waals surface area contributed by atoms with E-state index in [0.717, 1.165) is 6.42 Å². The molecule has 0 spiro atoms. The molecule has 0 atom stereocenters. The highest BCUT2D eigenvalue weighted by molar-refractivity contribution is 9.10. The summed E-state index contributed by atoms with van der Waals surface area (Å²) in [6.45, 7) is 0.891. The van der Waals surface area contributed by atoms with Gasteiger partial charge in [0, 0.05) is 17.1 Å². The standard InChI is InChI=1S/C12H19BrN2O4S.ClH/c1-18-10-7-9(13)12(8-11(10)19-2)20(16,17)15-6-4-3-5-14;/h7-8,15H,3-6,14H2,1-2H3;1H. The first-order valence-electron chi connectivity index (χ1n) is 6.07. The van der Waals surface area contributed by atoms with Crippen molar-refractivity contribution in [3.63, 3.8) is 0 Å². The molecule has 0 unspecified atom stereocenters. The summed E-state index contributed by atoms with van der Waals surface area (Å²) >= 11 is 3.24. The van der Waals surface area contributed by atoms with Gasteiger partial charge < -0.3 is 15.2 Å². The smallest absolute Gasteiger partial charge is 0.241 e. The van der Waals surface area contributed by atoms with E-state index >= 15 is 0 Å². The van der Waals surface area contributed by atoms with Crippen LogP contribution in [0.4, 0.5) is 0 Å². The SMILES string of the molecule is COc1cc(Br)c(S(=O)(=O)NCCCCN)cc1OC.Cl. The molecule has 122 valence electrons. The van der Waals surface area contributed by atoms with E-state index in [9.17, 15) is 8.42 Å². The fraction of sp³-hybridized carbons (Fsp3) is 0.500. The van der Waals surface area contributed by atoms with Crippen molar-refractivity contribution in [3.8, 4) is 11.5 Å². The van der Waals surface area contributed by atoms with Crippen LogP contribution < -0.4 is 19.9 Å². The van der Waals surface area contributed by atoms with Gasteiger partial charge in [-0.15, -0.1) is 12.4 Å². The van der Waals surface area contributed by atoms with E-state index in [1.54, 1.807) is 6.07 Å². The fourth-order valence-electron chi connectivity index (χ4n) is 1.60. The van der Waals surface area contributed by atoms with Gasteiger partial charge in [-0.2, -0.15) is 0 Å². The quantitative estimate of drug-likeness (QED) is 0.647. The zero-order valence-electron chi connectivity index (χ0n) is 11.9. The number of sulfonamides is 1. The first-order valence-corrected chi connectivity index (χ1v) is 8.35. The highest BCUT2D eigenvalue weighted by Crippen LogP contribution is 2.35. The topological polar surface area (TPSA) is 90.7 Å². The van der Waals surface area contributed by atoms with Crippen LogP contribution in [-0.2, 0) is 10.0 Å². The van der Waals surface area contributed by atoms with Gasteiger partial charge in [0.05, 0.1) is 14.2 Å². The fourth-order valence-corrected chi connectivity index (χ4v) is 3.70. The molecule has 0 aliphatic carbocycles. The highest BCUT2D eigenvalue weighted by Gasteiger charge is 2.20. The second-order valence-corrected chi connectivity index (χ2v) is 6.62. The molecule has 9 heteroatoms. The first kappa shape index (κ1) is 20.5. The second kappa shape index (κ2) is 9.47. The molecule has 0 heterocycles. The molecule has 21 heavy (non-hydrogen) atoms. The van der Waals surface area contributed by atoms with Crippen LogP contribution in [0.1, 0.15) is 12.8 Å². The molecule has 0 amide bonds. The molecule has 1 aromatic rings. The van der Waals surface area contributed by atoms with Crippen LogP contribution in [0, 0.1) is 0 Å². The van der Waals surface area contributed by atoms with E-state index < -0.39 is 10.0 Å². The van der Waals surface area contributed by atoms with Crippen LogP contribution in [0.3, 0.4) is 0 Å². The predicted molar refractivity (Wildman–Crippen MR) is 88.0 cm³/mol. The number of ether oxygens (including phenoxy) is 2. The summed E-state index contributed by atoms with van der Waals surface area (Å²) in [7, 11) is -0.657. The minimum absolute atomic E-state index is 0. The van der Waals surface area contributed by atoms with Gasteiger partial charge in [0.15, 0.2) is 11.5 Å². The third-order valence-corrected chi connectivity index (χ3v) is 5.07. The Hall–Kier alpha value is -0.540. The molecule has 3 N–H and O–H groups in total. The Balaban J connectivity index is 0.00000400. The number of nitrogens with two attached hydrogens (primary N) is 1. The number of unbranched alkanes of at least 4 members (excludes halogenated alkanes) is 1. The molecule has 0 radical (unpaired) electrons. The van der Waals surface area contributed by atoms with Gasteiger partial charge in [0.1, 0.15) is 4.90 Å². The van der Waals surface area contributed by atoms with Gasteiger partial charge in [-0.1, -0.05) is 0 Å². The molecule has 0 aliphatic heterocycles. The second-order valence-electron chi connectivity index (χ2n) is 4.03. The number of nitrogens with one attached hydrogen (secondary N) is 1. The normalized spacial score (nSPS) is 10.9. The Morgan fingerprint density at radius 2 is 1.76 bits per heavy atom. The predicted octanol–water partition coefficient (Wildman–Crippen LogP) is 1.91. The molecule has 0 fully saturated rings. The summed E-state index contributed by atoms with van der Waals surface area (Å²) < 4.78 is 37.6. The van der Waals surface area contributed by atoms with Crippen molar-refractivity contribution in [1.29, 1.82) is 0 Å². The van der Waals surface area contributed by atoms with Gasteiger partial charge in [-0.25, -0.2) is 13.1 Å². The van der Waals surface area contributed by atoms with Crippen molar-refractivity contribution >= 4 is 38.4 Å². The van der Waals surface area contributed by atoms with Crippen molar-refractivity contribution < 1.29 is 17.9 Å². The van der Waals surface area contributed by atoms with E-state index in [0.29, 0.717) is 35.5 Å². The molecule has 6 nitrogen and oxygen atoms in total. The summed E-state index contributed by atoms with van der Waals surface area (Å²) in [5.74, 6) is 0.819. The van der Waals surface area contributed by atoms with Gasteiger partial charge in [0.2, 0.25) is 10.0 Å². The third kappa shape index (κ3) is 5.63. The van der Waals surface area contributed by atoms with Crippen molar-refractivity contribution in [2.24, 2.45) is 5.73 Å². The van der Waals surface area contributed by atoms with Crippen LogP contribution in [0.15, 0.2) is 21.5 Å². The molecule has 0 saturated carbocycles. The lowest BCUT2D eigenvalue weighted by Gasteiger charge is -2.13. The molecule has 1 aromatic carbocycles. The maximum absolute atomic E-state index is 12.2. The minimum Gasteiger partial charge on any atom is -0.493 e. The van der Waals surface area contributed by atoms with E-state index in [1.807, 2.05) is 0 Å². The van der Waals surface area contributed by atoms with Crippen LogP contribution in [0.25, 0.3) is 0 Å². The average molecular weight is 404 g/mol. The van der Waals surface area contributed by atoms with Crippen molar-refractivity contribution in [2.75, 3.05) is 27.3 Å². The van der Waals surface area contributed by atoms with Crippen LogP contribution in [0.5, 0.6) is 11.5 Å². The Kier molecular flexibility index (Phi) is 9.23. The van der Waals surface area contributed by atoms with Crippen molar-refractivity contribution in [1.82, 2.24) is 4.72 Å². The first-order chi connectivity index (χ1) is 9.46. The summed E-state index contributed by atoms with van der Waals surface area (Å²) in [5, 5.41) is 0. The van der Waals surface area contributed by atoms with E-state index in [2.05, 4.69) is 20.7 Å². The Labute approximate surface area is 140 Å². The molecular formula is C12H20BrClN2O4S. The highest BCUT2D eigenvalue weighted by atomic mass is 79.9. The number of hydrogen-bond donors (Lipinski definition) is 2. The number of rotatable bonds is 8. The summed E-state index contributed by atoms with van der Waals surface area (Å²) in [6, 6.07) is 2.99. The van der Waals surface area contributed by atoms with Crippen molar-refractivity contribution in [3.05, 3.63) is 16.6 Å². The Morgan fingerprint density at radius 1 is 1.19 bits per heavy atom. The molecule has 1 rings (SSSR count). The Morgan fingerprint density at radius 3 is 2.29 bits per heavy atom. The zero-order valence-corrected chi connectivity index (χ0v) is 15.1. The lowest BCUT2D eigenvalue weighted by molar-refractivity contribution is 0.353. The number of benzene rings is 1. The van der Waals surface area contributed by atoms with E-state index in [1.165, 1.54) is 20.3 Å². The lowest BCUT2D eigenvalue weighted by atomic mass is 10.3. The largest absolute Gasteiger partial charge is 0.493 e. The van der Waals surface area contributed by atoms with Gasteiger partial charge in [-0.3, -0.25) is 0 Å². The Bertz CT molecular complexity index is 554. The molecular weight excluding hydrogens is 384 g/mol. The maximum atomic E-state index is 12.2. The van der Waals surface area contributed by atoms with E-state index in [-0.39, 0.29) is 17.3 Å². The number of methoxy groups -OCH3 is 2. The number of hydrogen-bond acceptors (Lipinski definition) is 5.